The van der Waals surface area contributed by atoms with Crippen molar-refractivity contribution in [1.29, 1.82) is 0 Å². The summed E-state index contributed by atoms with van der Waals surface area (Å²) < 4.78 is 1.94. The van der Waals surface area contributed by atoms with E-state index in [1.54, 1.807) is 6.33 Å². The van der Waals surface area contributed by atoms with Crippen LogP contribution in [-0.2, 0) is 30.6 Å². The maximum absolute atomic E-state index is 12.3. The zero-order valence-electron chi connectivity index (χ0n) is 14.1. The molecular weight excluding hydrogens is 302 g/mol. The van der Waals surface area contributed by atoms with Gasteiger partial charge >= 0.3 is 0 Å². The highest BCUT2D eigenvalue weighted by molar-refractivity contribution is 5.76. The second kappa shape index (κ2) is 7.62. The van der Waals surface area contributed by atoms with Crippen LogP contribution < -0.4 is 5.32 Å². The van der Waals surface area contributed by atoms with Gasteiger partial charge in [-0.25, -0.2) is 4.98 Å². The fraction of sp³-hybridized carbons (Fsp3) is 0.474. The Morgan fingerprint density at radius 3 is 2.83 bits per heavy atom. The summed E-state index contributed by atoms with van der Waals surface area (Å²) >= 11 is 0. The predicted molar refractivity (Wildman–Crippen MR) is 92.6 cm³/mol. The molecule has 0 fully saturated rings. The van der Waals surface area contributed by atoms with E-state index < -0.39 is 6.10 Å². The molecule has 128 valence electrons. The Balaban J connectivity index is 1.53. The number of nitrogens with one attached hydrogen (secondary N) is 1. The largest absolute Gasteiger partial charge is 0.391 e. The molecule has 2 aromatic rings. The molecule has 3 rings (SSSR count). The summed E-state index contributed by atoms with van der Waals surface area (Å²) in [6.07, 6.45) is 6.03. The number of amides is 1. The number of hydrogen-bond donors (Lipinski definition) is 2. The molecule has 1 heterocycles. The smallest absolute Gasteiger partial charge is 0.240 e. The van der Waals surface area contributed by atoms with Crippen molar-refractivity contribution in [1.82, 2.24) is 14.9 Å². The quantitative estimate of drug-likeness (QED) is 0.851. The van der Waals surface area contributed by atoms with Gasteiger partial charge in [-0.3, -0.25) is 4.79 Å². The Kier molecular flexibility index (Phi) is 5.30. The van der Waals surface area contributed by atoms with Crippen molar-refractivity contribution in [3.05, 3.63) is 53.6 Å². The summed E-state index contributed by atoms with van der Waals surface area (Å²) in [7, 11) is 0. The van der Waals surface area contributed by atoms with E-state index in [9.17, 15) is 9.90 Å². The van der Waals surface area contributed by atoms with Crippen LogP contribution in [0.5, 0.6) is 0 Å². The molecule has 5 nitrogen and oxygen atoms in total. The minimum Gasteiger partial charge on any atom is -0.391 e. The van der Waals surface area contributed by atoms with E-state index in [1.807, 2.05) is 41.8 Å². The molecule has 5 heteroatoms. The number of aliphatic hydroxyl groups excluding tert-OH is 1. The molecule has 1 aromatic carbocycles. The van der Waals surface area contributed by atoms with Crippen molar-refractivity contribution in [2.45, 2.75) is 57.7 Å². The first-order valence-corrected chi connectivity index (χ1v) is 8.67. The van der Waals surface area contributed by atoms with Gasteiger partial charge in [0.05, 0.1) is 24.2 Å². The maximum Gasteiger partial charge on any atom is 0.240 e. The van der Waals surface area contributed by atoms with Crippen molar-refractivity contribution in [2.75, 3.05) is 0 Å². The lowest BCUT2D eigenvalue weighted by Crippen LogP contribution is -2.43. The van der Waals surface area contributed by atoms with Gasteiger partial charge in [-0.15, -0.1) is 0 Å². The van der Waals surface area contributed by atoms with Crippen LogP contribution in [0.15, 0.2) is 36.7 Å². The number of hydrogen-bond acceptors (Lipinski definition) is 3. The average Bonchev–Trinajstić information content (AvgIpc) is 2.99. The summed E-state index contributed by atoms with van der Waals surface area (Å²) in [6.45, 7) is 2.11. The molecule has 0 spiro atoms. The Morgan fingerprint density at radius 2 is 2.04 bits per heavy atom. The lowest BCUT2D eigenvalue weighted by molar-refractivity contribution is -0.123. The standard InChI is InChI=1S/C19H25N3O2/c1-14(18(23)11-15-7-3-2-4-8-15)21-19(24)12-22-13-20-16-9-5-6-10-17(16)22/h2-4,7-8,13-14,18,23H,5-6,9-12H2,1H3,(H,21,24). The monoisotopic (exact) mass is 327 g/mol. The molecular formula is C19H25N3O2. The minimum atomic E-state index is -0.604. The third-order valence-corrected chi connectivity index (χ3v) is 4.68. The van der Waals surface area contributed by atoms with Crippen LogP contribution in [0.3, 0.4) is 0 Å². The molecule has 0 radical (unpaired) electrons. The molecule has 2 unspecified atom stereocenters. The normalized spacial score (nSPS) is 16.2. The van der Waals surface area contributed by atoms with Crippen molar-refractivity contribution in [3.8, 4) is 0 Å². The number of aromatic nitrogens is 2. The molecule has 0 saturated heterocycles. The highest BCUT2D eigenvalue weighted by atomic mass is 16.3. The number of carbonyl (C=O) groups is 1. The van der Waals surface area contributed by atoms with Gasteiger partial charge in [-0.1, -0.05) is 30.3 Å². The summed E-state index contributed by atoms with van der Waals surface area (Å²) in [4.78, 5) is 16.7. The van der Waals surface area contributed by atoms with Crippen LogP contribution in [0.1, 0.15) is 36.7 Å². The summed E-state index contributed by atoms with van der Waals surface area (Å²) in [5.41, 5.74) is 3.38. The van der Waals surface area contributed by atoms with Crippen LogP contribution in [0.4, 0.5) is 0 Å². The molecule has 1 amide bonds. The zero-order chi connectivity index (χ0) is 16.9. The van der Waals surface area contributed by atoms with Gasteiger partial charge in [0.2, 0.25) is 5.91 Å². The highest BCUT2D eigenvalue weighted by Gasteiger charge is 2.20. The third kappa shape index (κ3) is 4.03. The molecule has 0 saturated carbocycles. The summed E-state index contributed by atoms with van der Waals surface area (Å²) in [5, 5.41) is 13.2. The molecule has 2 N–H and O–H groups in total. The number of benzene rings is 1. The fourth-order valence-electron chi connectivity index (χ4n) is 3.25. The van der Waals surface area contributed by atoms with Crippen molar-refractivity contribution in [2.24, 2.45) is 0 Å². The maximum atomic E-state index is 12.3. The van der Waals surface area contributed by atoms with Gasteiger partial charge in [0, 0.05) is 12.1 Å². The fourth-order valence-corrected chi connectivity index (χ4v) is 3.25. The van der Waals surface area contributed by atoms with E-state index >= 15 is 0 Å². The topological polar surface area (TPSA) is 67.2 Å². The van der Waals surface area contributed by atoms with E-state index in [1.165, 1.54) is 12.1 Å². The second-order valence-electron chi connectivity index (χ2n) is 6.59. The van der Waals surface area contributed by atoms with Gasteiger partial charge in [0.25, 0.3) is 0 Å². The van der Waals surface area contributed by atoms with Crippen LogP contribution in [0, 0.1) is 0 Å². The number of rotatable bonds is 6. The summed E-state index contributed by atoms with van der Waals surface area (Å²) in [5.74, 6) is -0.0830. The SMILES string of the molecule is CC(NC(=O)Cn1cnc2c1CCCC2)C(O)Cc1ccccc1. The lowest BCUT2D eigenvalue weighted by atomic mass is 10.0. The second-order valence-corrected chi connectivity index (χ2v) is 6.59. The average molecular weight is 327 g/mol. The Morgan fingerprint density at radius 1 is 1.29 bits per heavy atom. The minimum absolute atomic E-state index is 0.0830. The number of carbonyl (C=O) groups excluding carboxylic acids is 1. The van der Waals surface area contributed by atoms with E-state index in [-0.39, 0.29) is 18.5 Å². The number of aryl methyl sites for hydroxylation is 1. The number of fused-ring (bicyclic) bond motifs is 1. The summed E-state index contributed by atoms with van der Waals surface area (Å²) in [6, 6.07) is 9.52. The Labute approximate surface area is 142 Å². The number of nitrogens with zero attached hydrogens (tertiary/aromatic N) is 2. The number of aliphatic hydroxyl groups is 1. The molecule has 1 aromatic heterocycles. The van der Waals surface area contributed by atoms with E-state index in [4.69, 9.17) is 0 Å². The van der Waals surface area contributed by atoms with Gasteiger partial charge in [0.15, 0.2) is 0 Å². The number of imidazole rings is 1. The van der Waals surface area contributed by atoms with Crippen molar-refractivity contribution in [3.63, 3.8) is 0 Å². The molecule has 1 aliphatic carbocycles. The predicted octanol–water partition coefficient (Wildman–Crippen LogP) is 1.87. The van der Waals surface area contributed by atoms with Crippen molar-refractivity contribution >= 4 is 5.91 Å². The molecule has 2 atom stereocenters. The zero-order valence-corrected chi connectivity index (χ0v) is 14.1. The first kappa shape index (κ1) is 16.7. The van der Waals surface area contributed by atoms with E-state index in [0.717, 1.165) is 30.5 Å². The van der Waals surface area contributed by atoms with Crippen LogP contribution in [0.2, 0.25) is 0 Å². The Bertz CT molecular complexity index is 681. The van der Waals surface area contributed by atoms with Crippen LogP contribution >= 0.6 is 0 Å². The van der Waals surface area contributed by atoms with Gasteiger partial charge in [-0.2, -0.15) is 0 Å². The first-order valence-electron chi connectivity index (χ1n) is 8.67. The Hall–Kier alpha value is -2.14. The lowest BCUT2D eigenvalue weighted by Gasteiger charge is -2.21. The molecule has 0 bridgehead atoms. The highest BCUT2D eigenvalue weighted by Crippen LogP contribution is 2.19. The first-order chi connectivity index (χ1) is 11.6. The van der Waals surface area contributed by atoms with Gasteiger partial charge in [0.1, 0.15) is 6.54 Å². The molecule has 0 aliphatic heterocycles. The molecule has 1 aliphatic rings. The van der Waals surface area contributed by atoms with Crippen LogP contribution in [0.25, 0.3) is 0 Å². The van der Waals surface area contributed by atoms with E-state index in [2.05, 4.69) is 10.3 Å². The van der Waals surface area contributed by atoms with Gasteiger partial charge in [-0.05, 0) is 38.2 Å². The van der Waals surface area contributed by atoms with Gasteiger partial charge < -0.3 is 15.0 Å². The van der Waals surface area contributed by atoms with Crippen LogP contribution in [-0.4, -0.2) is 32.7 Å². The molecule has 24 heavy (non-hydrogen) atoms. The van der Waals surface area contributed by atoms with E-state index in [0.29, 0.717) is 6.42 Å². The third-order valence-electron chi connectivity index (χ3n) is 4.68. The van der Waals surface area contributed by atoms with Crippen molar-refractivity contribution < 1.29 is 9.90 Å².